The van der Waals surface area contributed by atoms with Crippen molar-refractivity contribution in [2.75, 3.05) is 11.4 Å². The van der Waals surface area contributed by atoms with Gasteiger partial charge in [0.1, 0.15) is 0 Å². The minimum absolute atomic E-state index is 0.0819. The molecule has 2 aromatic rings. The monoisotopic (exact) mass is 272 g/mol. The zero-order valence-corrected chi connectivity index (χ0v) is 11.4. The number of carboxylic acids is 1. The fourth-order valence-electron chi connectivity index (χ4n) is 1.80. The SMILES string of the molecule is CCN(Cc1cccc(C)n1)c1ncc(C(=O)O)cn1. The second kappa shape index (κ2) is 6.10. The number of hydrogen-bond acceptors (Lipinski definition) is 5. The highest BCUT2D eigenvalue weighted by Crippen LogP contribution is 2.11. The Morgan fingerprint density at radius 2 is 2.00 bits per heavy atom. The first kappa shape index (κ1) is 13.9. The molecule has 6 heteroatoms. The summed E-state index contributed by atoms with van der Waals surface area (Å²) in [6.45, 7) is 5.23. The number of pyridine rings is 1. The molecule has 2 rings (SSSR count). The van der Waals surface area contributed by atoms with E-state index >= 15 is 0 Å². The smallest absolute Gasteiger partial charge is 0.338 e. The van der Waals surface area contributed by atoms with Crippen LogP contribution in [0.15, 0.2) is 30.6 Å². The number of nitrogens with zero attached hydrogens (tertiary/aromatic N) is 4. The molecule has 0 fully saturated rings. The van der Waals surface area contributed by atoms with E-state index in [0.29, 0.717) is 19.0 Å². The fraction of sp³-hybridized carbons (Fsp3) is 0.286. The molecular formula is C14H16N4O2. The topological polar surface area (TPSA) is 79.2 Å². The largest absolute Gasteiger partial charge is 0.478 e. The Morgan fingerprint density at radius 1 is 1.30 bits per heavy atom. The highest BCUT2D eigenvalue weighted by molar-refractivity contribution is 5.86. The lowest BCUT2D eigenvalue weighted by atomic mass is 10.3. The summed E-state index contributed by atoms with van der Waals surface area (Å²) in [5.74, 6) is -0.527. The summed E-state index contributed by atoms with van der Waals surface area (Å²) in [7, 11) is 0. The molecule has 0 atom stereocenters. The third kappa shape index (κ3) is 3.28. The highest BCUT2D eigenvalue weighted by atomic mass is 16.4. The number of aryl methyl sites for hydroxylation is 1. The number of rotatable bonds is 5. The van der Waals surface area contributed by atoms with Gasteiger partial charge in [0.2, 0.25) is 5.95 Å². The molecule has 0 bridgehead atoms. The van der Waals surface area contributed by atoms with Gasteiger partial charge < -0.3 is 10.0 Å². The molecule has 0 amide bonds. The van der Waals surface area contributed by atoms with Crippen LogP contribution in [0, 0.1) is 6.92 Å². The van der Waals surface area contributed by atoms with E-state index in [1.165, 1.54) is 12.4 Å². The number of aromatic nitrogens is 3. The molecular weight excluding hydrogens is 256 g/mol. The standard InChI is InChI=1S/C14H16N4O2/c1-3-18(9-12-6-4-5-10(2)17-12)14-15-7-11(8-16-14)13(19)20/h4-8H,3,9H2,1-2H3,(H,19,20). The van der Waals surface area contributed by atoms with E-state index in [2.05, 4.69) is 15.0 Å². The molecule has 6 nitrogen and oxygen atoms in total. The predicted molar refractivity (Wildman–Crippen MR) is 74.7 cm³/mol. The predicted octanol–water partition coefficient (Wildman–Crippen LogP) is 1.90. The van der Waals surface area contributed by atoms with Gasteiger partial charge in [-0.05, 0) is 26.0 Å². The van der Waals surface area contributed by atoms with Gasteiger partial charge >= 0.3 is 5.97 Å². The second-order valence-electron chi connectivity index (χ2n) is 4.36. The molecule has 0 aliphatic carbocycles. The van der Waals surface area contributed by atoms with Crippen LogP contribution >= 0.6 is 0 Å². The van der Waals surface area contributed by atoms with E-state index in [1.54, 1.807) is 0 Å². The molecule has 0 saturated carbocycles. The molecule has 104 valence electrons. The zero-order chi connectivity index (χ0) is 14.5. The number of anilines is 1. The number of carbonyl (C=O) groups is 1. The Hall–Kier alpha value is -2.50. The Kier molecular flexibility index (Phi) is 4.24. The van der Waals surface area contributed by atoms with Gasteiger partial charge in [-0.2, -0.15) is 0 Å². The van der Waals surface area contributed by atoms with Crippen LogP contribution in [0.25, 0.3) is 0 Å². The van der Waals surface area contributed by atoms with Crippen molar-refractivity contribution >= 4 is 11.9 Å². The summed E-state index contributed by atoms with van der Waals surface area (Å²) < 4.78 is 0. The van der Waals surface area contributed by atoms with Gasteiger partial charge in [-0.3, -0.25) is 4.98 Å². The van der Waals surface area contributed by atoms with Crippen LogP contribution in [0.3, 0.4) is 0 Å². The number of aromatic carboxylic acids is 1. The van der Waals surface area contributed by atoms with Crippen molar-refractivity contribution in [1.82, 2.24) is 15.0 Å². The van der Waals surface area contributed by atoms with Crippen LogP contribution in [0.5, 0.6) is 0 Å². The van der Waals surface area contributed by atoms with E-state index in [9.17, 15) is 4.79 Å². The maximum atomic E-state index is 10.8. The van der Waals surface area contributed by atoms with E-state index in [-0.39, 0.29) is 5.56 Å². The van der Waals surface area contributed by atoms with Crippen LogP contribution in [0.1, 0.15) is 28.7 Å². The number of hydrogen-bond donors (Lipinski definition) is 1. The van der Waals surface area contributed by atoms with Gasteiger partial charge in [-0.15, -0.1) is 0 Å². The summed E-state index contributed by atoms with van der Waals surface area (Å²) >= 11 is 0. The molecule has 20 heavy (non-hydrogen) atoms. The van der Waals surface area contributed by atoms with Crippen molar-refractivity contribution in [1.29, 1.82) is 0 Å². The van der Waals surface area contributed by atoms with E-state index in [1.807, 2.05) is 36.9 Å². The van der Waals surface area contributed by atoms with Crippen molar-refractivity contribution in [3.05, 3.63) is 47.5 Å². The Morgan fingerprint density at radius 3 is 2.55 bits per heavy atom. The van der Waals surface area contributed by atoms with Gasteiger partial charge in [-0.25, -0.2) is 14.8 Å². The summed E-state index contributed by atoms with van der Waals surface area (Å²) in [6, 6.07) is 5.85. The fourth-order valence-corrected chi connectivity index (χ4v) is 1.80. The summed E-state index contributed by atoms with van der Waals surface area (Å²) in [5, 5.41) is 8.83. The minimum atomic E-state index is -1.03. The first-order chi connectivity index (χ1) is 9.60. The summed E-state index contributed by atoms with van der Waals surface area (Å²) in [4.78, 5) is 25.3. The molecule has 0 aliphatic rings. The molecule has 0 aromatic carbocycles. The van der Waals surface area contributed by atoms with Gasteiger partial charge in [0.15, 0.2) is 0 Å². The quantitative estimate of drug-likeness (QED) is 0.895. The first-order valence-corrected chi connectivity index (χ1v) is 6.33. The van der Waals surface area contributed by atoms with Crippen LogP contribution in [-0.4, -0.2) is 32.6 Å². The van der Waals surface area contributed by atoms with Gasteiger partial charge in [0, 0.05) is 24.6 Å². The zero-order valence-electron chi connectivity index (χ0n) is 11.4. The first-order valence-electron chi connectivity index (χ1n) is 6.33. The maximum Gasteiger partial charge on any atom is 0.338 e. The van der Waals surface area contributed by atoms with E-state index in [0.717, 1.165) is 11.4 Å². The van der Waals surface area contributed by atoms with Crippen LogP contribution in [0.4, 0.5) is 5.95 Å². The van der Waals surface area contributed by atoms with Crippen LogP contribution < -0.4 is 4.90 Å². The molecule has 1 N–H and O–H groups in total. The lowest BCUT2D eigenvalue weighted by Gasteiger charge is -2.20. The van der Waals surface area contributed by atoms with Crippen molar-refractivity contribution in [3.8, 4) is 0 Å². The normalized spacial score (nSPS) is 10.3. The van der Waals surface area contributed by atoms with Crippen molar-refractivity contribution in [2.24, 2.45) is 0 Å². The Balaban J connectivity index is 2.17. The molecule has 2 aromatic heterocycles. The average molecular weight is 272 g/mol. The molecule has 2 heterocycles. The summed E-state index contributed by atoms with van der Waals surface area (Å²) in [6.07, 6.45) is 2.63. The number of carboxylic acid groups (broad SMARTS) is 1. The van der Waals surface area contributed by atoms with Gasteiger partial charge in [0.05, 0.1) is 17.8 Å². The van der Waals surface area contributed by atoms with Gasteiger partial charge in [0.25, 0.3) is 0 Å². The van der Waals surface area contributed by atoms with Crippen LogP contribution in [0.2, 0.25) is 0 Å². The lowest BCUT2D eigenvalue weighted by Crippen LogP contribution is -2.25. The third-order valence-electron chi connectivity index (χ3n) is 2.85. The van der Waals surface area contributed by atoms with E-state index < -0.39 is 5.97 Å². The molecule has 0 aliphatic heterocycles. The summed E-state index contributed by atoms with van der Waals surface area (Å²) in [5.41, 5.74) is 1.97. The highest BCUT2D eigenvalue weighted by Gasteiger charge is 2.11. The second-order valence-corrected chi connectivity index (χ2v) is 4.36. The molecule has 0 saturated heterocycles. The maximum absolute atomic E-state index is 10.8. The van der Waals surface area contributed by atoms with Crippen molar-refractivity contribution in [3.63, 3.8) is 0 Å². The molecule has 0 radical (unpaired) electrons. The van der Waals surface area contributed by atoms with Gasteiger partial charge in [-0.1, -0.05) is 6.07 Å². The van der Waals surface area contributed by atoms with Crippen molar-refractivity contribution < 1.29 is 9.90 Å². The molecule has 0 spiro atoms. The molecule has 0 unspecified atom stereocenters. The average Bonchev–Trinajstić information content (AvgIpc) is 2.45. The van der Waals surface area contributed by atoms with Crippen LogP contribution in [-0.2, 0) is 6.54 Å². The third-order valence-corrected chi connectivity index (χ3v) is 2.85. The lowest BCUT2D eigenvalue weighted by molar-refractivity contribution is 0.0696. The Bertz CT molecular complexity index is 598. The minimum Gasteiger partial charge on any atom is -0.478 e. The Labute approximate surface area is 117 Å². The van der Waals surface area contributed by atoms with Crippen molar-refractivity contribution in [2.45, 2.75) is 20.4 Å². The van der Waals surface area contributed by atoms with E-state index in [4.69, 9.17) is 5.11 Å².